The Balaban J connectivity index is 1.91. The molecule has 0 bridgehead atoms. The van der Waals surface area contributed by atoms with Crippen molar-refractivity contribution in [2.45, 2.75) is 51.2 Å². The fourth-order valence-electron chi connectivity index (χ4n) is 2.62. The number of benzene rings is 1. The topological polar surface area (TPSA) is 21.3 Å². The smallest absolute Gasteiger partial charge is 0.0576 e. The molecular formula is C16H24BrNO. The van der Waals surface area contributed by atoms with E-state index in [4.69, 9.17) is 4.74 Å². The molecule has 0 aliphatic carbocycles. The van der Waals surface area contributed by atoms with E-state index in [1.54, 1.807) is 0 Å². The molecule has 1 N–H and O–H groups in total. The van der Waals surface area contributed by atoms with Crippen LogP contribution in [0.2, 0.25) is 0 Å². The molecule has 106 valence electrons. The highest BCUT2D eigenvalue weighted by molar-refractivity contribution is 9.10. The van der Waals surface area contributed by atoms with Crippen molar-refractivity contribution in [3.05, 3.63) is 34.3 Å². The Labute approximate surface area is 125 Å². The molecule has 2 unspecified atom stereocenters. The molecule has 0 spiro atoms. The summed E-state index contributed by atoms with van der Waals surface area (Å²) in [4.78, 5) is 0. The summed E-state index contributed by atoms with van der Waals surface area (Å²) in [6.45, 7) is 4.24. The molecule has 3 heteroatoms. The van der Waals surface area contributed by atoms with Gasteiger partial charge in [-0.2, -0.15) is 0 Å². The van der Waals surface area contributed by atoms with Crippen LogP contribution in [0.3, 0.4) is 0 Å². The van der Waals surface area contributed by atoms with Gasteiger partial charge in [-0.1, -0.05) is 35.0 Å². The van der Waals surface area contributed by atoms with Crippen molar-refractivity contribution >= 4 is 15.9 Å². The zero-order valence-electron chi connectivity index (χ0n) is 11.7. The van der Waals surface area contributed by atoms with Crippen molar-refractivity contribution in [1.29, 1.82) is 0 Å². The van der Waals surface area contributed by atoms with Crippen molar-refractivity contribution in [2.24, 2.45) is 0 Å². The van der Waals surface area contributed by atoms with E-state index < -0.39 is 0 Å². The normalized spacial score (nSPS) is 20.6. The second-order valence-electron chi connectivity index (χ2n) is 5.27. The van der Waals surface area contributed by atoms with E-state index in [9.17, 15) is 0 Å². The molecule has 1 aromatic carbocycles. The summed E-state index contributed by atoms with van der Waals surface area (Å²) in [6, 6.07) is 9.14. The lowest BCUT2D eigenvalue weighted by molar-refractivity contribution is 0.0996. The summed E-state index contributed by atoms with van der Waals surface area (Å²) in [5, 5.41) is 3.66. The first-order valence-corrected chi connectivity index (χ1v) is 8.19. The van der Waals surface area contributed by atoms with Crippen LogP contribution in [0.5, 0.6) is 0 Å². The number of ether oxygens (including phenoxy) is 1. The van der Waals surface area contributed by atoms with Crippen LogP contribution in [0.25, 0.3) is 0 Å². The van der Waals surface area contributed by atoms with Crippen molar-refractivity contribution in [3.8, 4) is 0 Å². The van der Waals surface area contributed by atoms with Crippen molar-refractivity contribution < 1.29 is 4.74 Å². The monoisotopic (exact) mass is 325 g/mol. The molecule has 0 amide bonds. The molecule has 0 aromatic heterocycles. The maximum absolute atomic E-state index is 5.73. The molecular weight excluding hydrogens is 302 g/mol. The predicted molar refractivity (Wildman–Crippen MR) is 83.4 cm³/mol. The van der Waals surface area contributed by atoms with Crippen LogP contribution in [0.1, 0.15) is 50.6 Å². The molecule has 1 aliphatic heterocycles. The molecule has 2 rings (SSSR count). The average Bonchev–Trinajstić information content (AvgIpc) is 2.93. The second-order valence-corrected chi connectivity index (χ2v) is 6.19. The summed E-state index contributed by atoms with van der Waals surface area (Å²) in [5.74, 6) is 0. The van der Waals surface area contributed by atoms with Gasteiger partial charge in [0.25, 0.3) is 0 Å². The van der Waals surface area contributed by atoms with E-state index in [1.165, 1.54) is 24.8 Å². The average molecular weight is 326 g/mol. The number of halogens is 1. The van der Waals surface area contributed by atoms with E-state index in [2.05, 4.69) is 52.4 Å². The van der Waals surface area contributed by atoms with Crippen LogP contribution >= 0.6 is 15.9 Å². The van der Waals surface area contributed by atoms with Gasteiger partial charge in [0.2, 0.25) is 0 Å². The van der Waals surface area contributed by atoms with Gasteiger partial charge in [-0.05, 0) is 56.3 Å². The van der Waals surface area contributed by atoms with Gasteiger partial charge in [0, 0.05) is 17.1 Å². The molecule has 1 saturated heterocycles. The van der Waals surface area contributed by atoms with Gasteiger partial charge in [-0.3, -0.25) is 0 Å². The molecule has 2 atom stereocenters. The third-order valence-electron chi connectivity index (χ3n) is 3.71. The minimum Gasteiger partial charge on any atom is -0.378 e. The van der Waals surface area contributed by atoms with Gasteiger partial charge in [0.15, 0.2) is 0 Å². The number of hydrogen-bond acceptors (Lipinski definition) is 2. The molecule has 0 saturated carbocycles. The zero-order valence-corrected chi connectivity index (χ0v) is 13.3. The summed E-state index contributed by atoms with van der Waals surface area (Å²) < 4.78 is 6.87. The van der Waals surface area contributed by atoms with E-state index in [0.717, 1.165) is 30.5 Å². The van der Waals surface area contributed by atoms with Crippen molar-refractivity contribution in [2.75, 3.05) is 13.2 Å². The van der Waals surface area contributed by atoms with Gasteiger partial charge >= 0.3 is 0 Å². The van der Waals surface area contributed by atoms with Crippen LogP contribution in [-0.2, 0) is 4.74 Å². The van der Waals surface area contributed by atoms with E-state index in [-0.39, 0.29) is 0 Å². The summed E-state index contributed by atoms with van der Waals surface area (Å²) >= 11 is 3.50. The fourth-order valence-corrected chi connectivity index (χ4v) is 2.89. The maximum atomic E-state index is 5.73. The molecule has 0 radical (unpaired) electrons. The number of rotatable bonds is 7. The molecule has 1 aliphatic rings. The first kappa shape index (κ1) is 15.0. The Morgan fingerprint density at radius 3 is 2.79 bits per heavy atom. The lowest BCUT2D eigenvalue weighted by atomic mass is 9.99. The highest BCUT2D eigenvalue weighted by atomic mass is 79.9. The molecule has 1 aromatic rings. The van der Waals surface area contributed by atoms with Gasteiger partial charge in [0.05, 0.1) is 6.10 Å². The first-order chi connectivity index (χ1) is 9.29. The summed E-state index contributed by atoms with van der Waals surface area (Å²) in [5.41, 5.74) is 1.38. The van der Waals surface area contributed by atoms with Crippen molar-refractivity contribution in [1.82, 2.24) is 5.32 Å². The van der Waals surface area contributed by atoms with Gasteiger partial charge < -0.3 is 10.1 Å². The van der Waals surface area contributed by atoms with Crippen LogP contribution < -0.4 is 5.32 Å². The second kappa shape index (κ2) is 8.03. The summed E-state index contributed by atoms with van der Waals surface area (Å²) in [7, 11) is 0. The molecule has 1 heterocycles. The highest BCUT2D eigenvalue weighted by Crippen LogP contribution is 2.25. The SMILES string of the molecule is CCCNC(CCC1CCCO1)c1ccc(Br)cc1. The Morgan fingerprint density at radius 2 is 2.16 bits per heavy atom. The van der Waals surface area contributed by atoms with E-state index in [1.807, 2.05) is 0 Å². The Morgan fingerprint density at radius 1 is 1.37 bits per heavy atom. The molecule has 1 fully saturated rings. The first-order valence-electron chi connectivity index (χ1n) is 7.40. The summed E-state index contributed by atoms with van der Waals surface area (Å²) in [6.07, 6.45) is 6.45. The largest absolute Gasteiger partial charge is 0.378 e. The lowest BCUT2D eigenvalue weighted by Gasteiger charge is -2.21. The van der Waals surface area contributed by atoms with E-state index >= 15 is 0 Å². The van der Waals surface area contributed by atoms with Crippen molar-refractivity contribution in [3.63, 3.8) is 0 Å². The highest BCUT2D eigenvalue weighted by Gasteiger charge is 2.18. The van der Waals surface area contributed by atoms with E-state index in [0.29, 0.717) is 12.1 Å². The molecule has 2 nitrogen and oxygen atoms in total. The fraction of sp³-hybridized carbons (Fsp3) is 0.625. The number of hydrogen-bond donors (Lipinski definition) is 1. The minimum atomic E-state index is 0.456. The Hall–Kier alpha value is -0.380. The van der Waals surface area contributed by atoms with Crippen LogP contribution in [0.15, 0.2) is 28.7 Å². The third kappa shape index (κ3) is 4.90. The van der Waals surface area contributed by atoms with Crippen LogP contribution in [0, 0.1) is 0 Å². The van der Waals surface area contributed by atoms with Crippen LogP contribution in [0.4, 0.5) is 0 Å². The Kier molecular flexibility index (Phi) is 6.35. The zero-order chi connectivity index (χ0) is 13.5. The lowest BCUT2D eigenvalue weighted by Crippen LogP contribution is -2.23. The van der Waals surface area contributed by atoms with Gasteiger partial charge in [0.1, 0.15) is 0 Å². The number of nitrogens with one attached hydrogen (secondary N) is 1. The van der Waals surface area contributed by atoms with Gasteiger partial charge in [-0.25, -0.2) is 0 Å². The maximum Gasteiger partial charge on any atom is 0.0576 e. The Bertz CT molecular complexity index is 360. The van der Waals surface area contributed by atoms with Crippen LogP contribution in [-0.4, -0.2) is 19.3 Å². The minimum absolute atomic E-state index is 0.456. The quantitative estimate of drug-likeness (QED) is 0.799. The predicted octanol–water partition coefficient (Wildman–Crippen LogP) is 4.45. The third-order valence-corrected chi connectivity index (χ3v) is 4.24. The van der Waals surface area contributed by atoms with Gasteiger partial charge in [-0.15, -0.1) is 0 Å². The molecule has 19 heavy (non-hydrogen) atoms. The standard InChI is InChI=1S/C16H24BrNO/c1-2-11-18-16(10-9-15-4-3-12-19-15)13-5-7-14(17)8-6-13/h5-8,15-16,18H,2-4,9-12H2,1H3.